The maximum absolute atomic E-state index is 12.9. The quantitative estimate of drug-likeness (QED) is 0.873. The van der Waals surface area contributed by atoms with Gasteiger partial charge in [-0.3, -0.25) is 9.59 Å². The summed E-state index contributed by atoms with van der Waals surface area (Å²) in [6, 6.07) is 5.61. The summed E-state index contributed by atoms with van der Waals surface area (Å²) >= 11 is 0. The number of carbonyl (C=O) groups excluding carboxylic acids is 2. The molecule has 0 aromatic heterocycles. The van der Waals surface area contributed by atoms with Crippen molar-refractivity contribution in [2.45, 2.75) is 32.6 Å². The van der Waals surface area contributed by atoms with Crippen LogP contribution in [0.5, 0.6) is 0 Å². The molecule has 4 nitrogen and oxygen atoms in total. The van der Waals surface area contributed by atoms with Crippen molar-refractivity contribution in [3.8, 4) is 0 Å². The van der Waals surface area contributed by atoms with Crippen LogP contribution >= 0.6 is 0 Å². The van der Waals surface area contributed by atoms with E-state index in [4.69, 9.17) is 0 Å². The number of carbonyl (C=O) groups is 2. The Hall–Kier alpha value is -1.91. The Morgan fingerprint density at radius 1 is 1.18 bits per heavy atom. The van der Waals surface area contributed by atoms with Gasteiger partial charge in [0.05, 0.1) is 0 Å². The molecule has 2 amide bonds. The topological polar surface area (TPSA) is 49.4 Å². The summed E-state index contributed by atoms with van der Waals surface area (Å²) in [4.78, 5) is 27.0. The van der Waals surface area contributed by atoms with Gasteiger partial charge in [-0.25, -0.2) is 4.39 Å². The van der Waals surface area contributed by atoms with Crippen LogP contribution in [0.1, 0.15) is 32.6 Å². The lowest BCUT2D eigenvalue weighted by molar-refractivity contribution is -0.143. The fourth-order valence-electron chi connectivity index (χ4n) is 2.96. The first-order valence-corrected chi connectivity index (χ1v) is 7.88. The smallest absolute Gasteiger partial charge is 0.240 e. The van der Waals surface area contributed by atoms with E-state index < -0.39 is 5.41 Å². The number of likely N-dealkylation sites (tertiary alicyclic amines) is 1. The minimum absolute atomic E-state index is 0.0426. The van der Waals surface area contributed by atoms with Crippen LogP contribution in [0.15, 0.2) is 24.3 Å². The maximum atomic E-state index is 12.9. The van der Waals surface area contributed by atoms with Gasteiger partial charge in [0.2, 0.25) is 11.8 Å². The number of piperidine rings is 1. The number of amides is 2. The number of anilines is 1. The van der Waals surface area contributed by atoms with Crippen molar-refractivity contribution >= 4 is 17.5 Å². The molecule has 1 aliphatic carbocycles. The first-order chi connectivity index (χ1) is 10.5. The van der Waals surface area contributed by atoms with E-state index in [0.29, 0.717) is 24.4 Å². The number of nitrogens with zero attached hydrogens (tertiary/aromatic N) is 1. The Labute approximate surface area is 129 Å². The normalized spacial score (nSPS) is 20.5. The number of nitrogens with one attached hydrogen (secondary N) is 1. The van der Waals surface area contributed by atoms with Crippen LogP contribution in [0.3, 0.4) is 0 Å². The molecule has 22 heavy (non-hydrogen) atoms. The molecule has 0 bridgehead atoms. The molecular formula is C17H21FN2O2. The SMILES string of the molecule is CC1CCN(C(=O)C2(C(=O)Nc3ccc(F)cc3)CC2)CC1. The van der Waals surface area contributed by atoms with Crippen LogP contribution in [0, 0.1) is 17.2 Å². The van der Waals surface area contributed by atoms with Gasteiger partial charge in [0.15, 0.2) is 0 Å². The average molecular weight is 304 g/mol. The Balaban J connectivity index is 1.66. The molecule has 1 saturated carbocycles. The molecule has 1 heterocycles. The molecule has 0 spiro atoms. The van der Waals surface area contributed by atoms with E-state index >= 15 is 0 Å². The summed E-state index contributed by atoms with van der Waals surface area (Å²) in [5.41, 5.74) is -0.368. The fourth-order valence-corrected chi connectivity index (χ4v) is 2.96. The second-order valence-electron chi connectivity index (χ2n) is 6.52. The van der Waals surface area contributed by atoms with Gasteiger partial charge in [-0.15, -0.1) is 0 Å². The predicted molar refractivity (Wildman–Crippen MR) is 81.7 cm³/mol. The summed E-state index contributed by atoms with van der Waals surface area (Å²) in [6.07, 6.45) is 3.21. The van der Waals surface area contributed by atoms with E-state index in [-0.39, 0.29) is 17.6 Å². The predicted octanol–water partition coefficient (Wildman–Crippen LogP) is 2.80. The van der Waals surface area contributed by atoms with Gasteiger partial charge in [-0.1, -0.05) is 6.92 Å². The van der Waals surface area contributed by atoms with E-state index in [2.05, 4.69) is 12.2 Å². The molecule has 2 fully saturated rings. The Bertz CT molecular complexity index is 573. The van der Waals surface area contributed by atoms with Gasteiger partial charge in [0, 0.05) is 18.8 Å². The molecule has 0 radical (unpaired) electrons. The lowest BCUT2D eigenvalue weighted by Gasteiger charge is -2.32. The molecule has 118 valence electrons. The zero-order chi connectivity index (χ0) is 15.7. The zero-order valence-electron chi connectivity index (χ0n) is 12.8. The average Bonchev–Trinajstić information content (AvgIpc) is 3.31. The van der Waals surface area contributed by atoms with Gasteiger partial charge < -0.3 is 10.2 Å². The maximum Gasteiger partial charge on any atom is 0.240 e. The van der Waals surface area contributed by atoms with Crippen LogP contribution in [0.4, 0.5) is 10.1 Å². The zero-order valence-corrected chi connectivity index (χ0v) is 12.8. The fraction of sp³-hybridized carbons (Fsp3) is 0.529. The van der Waals surface area contributed by atoms with E-state index in [1.54, 1.807) is 0 Å². The molecule has 3 rings (SSSR count). The molecule has 1 saturated heterocycles. The van der Waals surface area contributed by atoms with E-state index in [9.17, 15) is 14.0 Å². The number of benzene rings is 1. The second kappa shape index (κ2) is 5.71. The summed E-state index contributed by atoms with van der Waals surface area (Å²) in [5.74, 6) is -0.00775. The third-order valence-electron chi connectivity index (χ3n) is 4.77. The standard InChI is InChI=1S/C17H21FN2O2/c1-12-6-10-20(11-7-12)16(22)17(8-9-17)15(21)19-14-4-2-13(18)3-5-14/h2-5,12H,6-11H2,1H3,(H,19,21). The van der Waals surface area contributed by atoms with Gasteiger partial charge in [-0.2, -0.15) is 0 Å². The molecule has 1 aromatic rings. The van der Waals surface area contributed by atoms with Crippen LogP contribution in [0.25, 0.3) is 0 Å². The molecular weight excluding hydrogens is 283 g/mol. The van der Waals surface area contributed by atoms with E-state index in [1.165, 1.54) is 24.3 Å². The van der Waals surface area contributed by atoms with Crippen molar-refractivity contribution in [1.29, 1.82) is 0 Å². The van der Waals surface area contributed by atoms with Crippen molar-refractivity contribution in [2.24, 2.45) is 11.3 Å². The van der Waals surface area contributed by atoms with Gasteiger partial charge in [0.25, 0.3) is 0 Å². The summed E-state index contributed by atoms with van der Waals surface area (Å²) < 4.78 is 12.9. The largest absolute Gasteiger partial charge is 0.342 e. The highest BCUT2D eigenvalue weighted by Gasteiger charge is 2.58. The van der Waals surface area contributed by atoms with Crippen molar-refractivity contribution in [3.05, 3.63) is 30.1 Å². The lowest BCUT2D eigenvalue weighted by Crippen LogP contribution is -2.46. The Morgan fingerprint density at radius 2 is 1.77 bits per heavy atom. The summed E-state index contributed by atoms with van der Waals surface area (Å²) in [5, 5.41) is 2.75. The summed E-state index contributed by atoms with van der Waals surface area (Å²) in [7, 11) is 0. The minimum atomic E-state index is -0.894. The molecule has 0 unspecified atom stereocenters. The van der Waals surface area contributed by atoms with E-state index in [1.807, 2.05) is 4.90 Å². The van der Waals surface area contributed by atoms with E-state index in [0.717, 1.165) is 25.9 Å². The van der Waals surface area contributed by atoms with Gasteiger partial charge >= 0.3 is 0 Å². The Kier molecular flexibility index (Phi) is 3.89. The second-order valence-corrected chi connectivity index (χ2v) is 6.52. The minimum Gasteiger partial charge on any atom is -0.342 e. The van der Waals surface area contributed by atoms with Crippen LogP contribution in [-0.4, -0.2) is 29.8 Å². The van der Waals surface area contributed by atoms with Crippen LogP contribution < -0.4 is 5.32 Å². The molecule has 5 heteroatoms. The van der Waals surface area contributed by atoms with Gasteiger partial charge in [-0.05, 0) is 55.9 Å². The third kappa shape index (κ3) is 2.85. The number of rotatable bonds is 3. The van der Waals surface area contributed by atoms with Crippen molar-refractivity contribution < 1.29 is 14.0 Å². The monoisotopic (exact) mass is 304 g/mol. The third-order valence-corrected chi connectivity index (χ3v) is 4.77. The molecule has 0 atom stereocenters. The van der Waals surface area contributed by atoms with Crippen LogP contribution in [-0.2, 0) is 9.59 Å². The Morgan fingerprint density at radius 3 is 2.32 bits per heavy atom. The molecule has 1 N–H and O–H groups in total. The van der Waals surface area contributed by atoms with Crippen molar-refractivity contribution in [2.75, 3.05) is 18.4 Å². The van der Waals surface area contributed by atoms with Crippen LogP contribution in [0.2, 0.25) is 0 Å². The molecule has 2 aliphatic rings. The molecule has 1 aliphatic heterocycles. The number of hydrogen-bond acceptors (Lipinski definition) is 2. The number of hydrogen-bond donors (Lipinski definition) is 1. The first-order valence-electron chi connectivity index (χ1n) is 7.88. The highest BCUT2D eigenvalue weighted by molar-refractivity contribution is 6.13. The highest BCUT2D eigenvalue weighted by Crippen LogP contribution is 2.48. The van der Waals surface area contributed by atoms with Crippen molar-refractivity contribution in [3.63, 3.8) is 0 Å². The first kappa shape index (κ1) is 15.0. The molecule has 1 aromatic carbocycles. The lowest BCUT2D eigenvalue weighted by atomic mass is 9.96. The number of halogens is 1. The van der Waals surface area contributed by atoms with Gasteiger partial charge in [0.1, 0.15) is 11.2 Å². The highest BCUT2D eigenvalue weighted by atomic mass is 19.1. The summed E-state index contributed by atoms with van der Waals surface area (Å²) in [6.45, 7) is 3.67. The van der Waals surface area contributed by atoms with Crippen molar-refractivity contribution in [1.82, 2.24) is 4.90 Å².